The summed E-state index contributed by atoms with van der Waals surface area (Å²) in [5.41, 5.74) is 0.709. The van der Waals surface area contributed by atoms with Crippen molar-refractivity contribution < 1.29 is 4.92 Å². The van der Waals surface area contributed by atoms with Gasteiger partial charge in [-0.3, -0.25) is 10.1 Å². The summed E-state index contributed by atoms with van der Waals surface area (Å²) in [6.07, 6.45) is 1.28. The molecular formula is C11H14N6O2S. The van der Waals surface area contributed by atoms with Crippen LogP contribution in [0.4, 0.5) is 22.5 Å². The van der Waals surface area contributed by atoms with Crippen LogP contribution in [0.2, 0.25) is 0 Å². The average Bonchev–Trinajstić information content (AvgIpc) is 2.68. The van der Waals surface area contributed by atoms with Crippen molar-refractivity contribution in [2.75, 3.05) is 17.2 Å². The van der Waals surface area contributed by atoms with Gasteiger partial charge in [0.15, 0.2) is 5.13 Å². The van der Waals surface area contributed by atoms with Crippen molar-refractivity contribution in [3.8, 4) is 0 Å². The zero-order chi connectivity index (χ0) is 14.7. The molecule has 8 nitrogen and oxygen atoms in total. The average molecular weight is 294 g/mol. The highest BCUT2D eigenvalue weighted by Gasteiger charge is 2.23. The van der Waals surface area contributed by atoms with Gasteiger partial charge in [0, 0.05) is 11.4 Å². The Balaban J connectivity index is 2.40. The van der Waals surface area contributed by atoms with Crippen LogP contribution in [-0.2, 0) is 0 Å². The maximum atomic E-state index is 11.2. The molecule has 0 saturated heterocycles. The SMILES string of the molecule is CCNc1ncnc(Nc2nc(C)c(C)s2)c1[N+](=O)[O-]. The topological polar surface area (TPSA) is 106 Å². The second kappa shape index (κ2) is 5.78. The standard InChI is InChI=1S/C11H14N6O2S/c1-4-12-9-8(17(18)19)10(14-5-13-9)16-11-15-6(2)7(3)20-11/h5H,4H2,1-3H3,(H2,12,13,14,15,16). The van der Waals surface area contributed by atoms with Gasteiger partial charge in [-0.1, -0.05) is 0 Å². The number of rotatable bonds is 5. The Kier molecular flexibility index (Phi) is 4.08. The zero-order valence-electron chi connectivity index (χ0n) is 11.3. The second-order valence-electron chi connectivity index (χ2n) is 3.99. The van der Waals surface area contributed by atoms with Crippen LogP contribution < -0.4 is 10.6 Å². The Hall–Kier alpha value is -2.29. The lowest BCUT2D eigenvalue weighted by molar-refractivity contribution is -0.383. The largest absolute Gasteiger partial charge is 0.364 e. The molecule has 20 heavy (non-hydrogen) atoms. The Labute approximate surface area is 119 Å². The Morgan fingerprint density at radius 1 is 1.35 bits per heavy atom. The first kappa shape index (κ1) is 14.1. The lowest BCUT2D eigenvalue weighted by Crippen LogP contribution is -2.07. The number of aromatic nitrogens is 3. The smallest absolute Gasteiger partial charge is 0.353 e. The van der Waals surface area contributed by atoms with Crippen LogP contribution in [0.15, 0.2) is 6.33 Å². The highest BCUT2D eigenvalue weighted by atomic mass is 32.1. The maximum Gasteiger partial charge on any atom is 0.353 e. The van der Waals surface area contributed by atoms with Crippen molar-refractivity contribution in [1.29, 1.82) is 0 Å². The summed E-state index contributed by atoms with van der Waals surface area (Å²) in [6, 6.07) is 0. The van der Waals surface area contributed by atoms with E-state index in [-0.39, 0.29) is 17.3 Å². The van der Waals surface area contributed by atoms with Crippen LogP contribution in [0, 0.1) is 24.0 Å². The highest BCUT2D eigenvalue weighted by molar-refractivity contribution is 7.15. The molecule has 106 valence electrons. The summed E-state index contributed by atoms with van der Waals surface area (Å²) in [4.78, 5) is 23.9. The minimum absolute atomic E-state index is 0.134. The van der Waals surface area contributed by atoms with Gasteiger partial charge in [-0.25, -0.2) is 15.0 Å². The lowest BCUT2D eigenvalue weighted by atomic mass is 10.4. The fourth-order valence-electron chi connectivity index (χ4n) is 1.57. The van der Waals surface area contributed by atoms with E-state index in [0.717, 1.165) is 10.6 Å². The normalized spacial score (nSPS) is 10.3. The van der Waals surface area contributed by atoms with Gasteiger partial charge in [0.05, 0.1) is 10.6 Å². The molecule has 0 atom stereocenters. The molecule has 2 N–H and O–H groups in total. The van der Waals surface area contributed by atoms with E-state index in [1.807, 2.05) is 20.8 Å². The van der Waals surface area contributed by atoms with E-state index in [1.54, 1.807) is 0 Å². The van der Waals surface area contributed by atoms with Gasteiger partial charge >= 0.3 is 5.69 Å². The summed E-state index contributed by atoms with van der Waals surface area (Å²) in [7, 11) is 0. The Bertz CT molecular complexity index is 622. The molecule has 0 fully saturated rings. The fraction of sp³-hybridized carbons (Fsp3) is 0.364. The van der Waals surface area contributed by atoms with Gasteiger partial charge in [-0.15, -0.1) is 11.3 Å². The quantitative estimate of drug-likeness (QED) is 0.645. The predicted octanol–water partition coefficient (Wildman–Crippen LogP) is 2.63. The minimum Gasteiger partial charge on any atom is -0.364 e. The molecule has 0 saturated carbocycles. The first-order valence-electron chi connectivity index (χ1n) is 5.97. The van der Waals surface area contributed by atoms with Crippen molar-refractivity contribution in [2.24, 2.45) is 0 Å². The van der Waals surface area contributed by atoms with Crippen LogP contribution in [0.5, 0.6) is 0 Å². The van der Waals surface area contributed by atoms with Crippen LogP contribution in [0.25, 0.3) is 0 Å². The summed E-state index contributed by atoms with van der Waals surface area (Å²) < 4.78 is 0. The molecule has 0 aliphatic carbocycles. The molecule has 0 amide bonds. The molecule has 2 rings (SSSR count). The molecule has 0 aliphatic rings. The molecular weight excluding hydrogens is 280 g/mol. The van der Waals surface area contributed by atoms with E-state index in [4.69, 9.17) is 0 Å². The summed E-state index contributed by atoms with van der Waals surface area (Å²) in [6.45, 7) is 6.20. The van der Waals surface area contributed by atoms with Crippen LogP contribution in [-0.4, -0.2) is 26.4 Å². The number of hydrogen-bond acceptors (Lipinski definition) is 8. The zero-order valence-corrected chi connectivity index (χ0v) is 12.1. The lowest BCUT2D eigenvalue weighted by Gasteiger charge is -2.07. The number of hydrogen-bond donors (Lipinski definition) is 2. The molecule has 0 unspecified atom stereocenters. The van der Waals surface area contributed by atoms with E-state index in [0.29, 0.717) is 11.7 Å². The summed E-state index contributed by atoms with van der Waals surface area (Å²) >= 11 is 1.42. The number of anilines is 3. The molecule has 2 aromatic heterocycles. The van der Waals surface area contributed by atoms with Gasteiger partial charge < -0.3 is 10.6 Å². The number of nitrogens with one attached hydrogen (secondary N) is 2. The summed E-state index contributed by atoms with van der Waals surface area (Å²) in [5.74, 6) is 0.328. The number of nitrogens with zero attached hydrogens (tertiary/aromatic N) is 4. The number of nitro groups is 1. The first-order chi connectivity index (χ1) is 9.52. The Morgan fingerprint density at radius 3 is 2.60 bits per heavy atom. The van der Waals surface area contributed by atoms with E-state index < -0.39 is 4.92 Å². The third-order valence-electron chi connectivity index (χ3n) is 2.60. The molecule has 2 aromatic rings. The van der Waals surface area contributed by atoms with Crippen molar-refractivity contribution in [2.45, 2.75) is 20.8 Å². The predicted molar refractivity (Wildman–Crippen MR) is 77.7 cm³/mol. The second-order valence-corrected chi connectivity index (χ2v) is 5.20. The van der Waals surface area contributed by atoms with E-state index in [9.17, 15) is 10.1 Å². The van der Waals surface area contributed by atoms with Crippen LogP contribution in [0.3, 0.4) is 0 Å². The monoisotopic (exact) mass is 294 g/mol. The van der Waals surface area contributed by atoms with Gasteiger partial charge in [-0.05, 0) is 20.8 Å². The van der Waals surface area contributed by atoms with Crippen LogP contribution in [0.1, 0.15) is 17.5 Å². The van der Waals surface area contributed by atoms with Gasteiger partial charge in [0.2, 0.25) is 11.6 Å². The van der Waals surface area contributed by atoms with Gasteiger partial charge in [-0.2, -0.15) is 0 Å². The molecule has 0 bridgehead atoms. The maximum absolute atomic E-state index is 11.2. The van der Waals surface area contributed by atoms with Crippen molar-refractivity contribution in [3.63, 3.8) is 0 Å². The number of aryl methyl sites for hydroxylation is 2. The first-order valence-corrected chi connectivity index (χ1v) is 6.78. The summed E-state index contributed by atoms with van der Waals surface area (Å²) in [5, 5.41) is 17.5. The van der Waals surface area contributed by atoms with E-state index in [2.05, 4.69) is 25.6 Å². The molecule has 0 radical (unpaired) electrons. The van der Waals surface area contributed by atoms with E-state index in [1.165, 1.54) is 17.7 Å². The number of thiazole rings is 1. The Morgan fingerprint density at radius 2 is 2.05 bits per heavy atom. The third-order valence-corrected chi connectivity index (χ3v) is 3.59. The van der Waals surface area contributed by atoms with Gasteiger partial charge in [0.1, 0.15) is 6.33 Å². The van der Waals surface area contributed by atoms with Crippen LogP contribution >= 0.6 is 11.3 Å². The van der Waals surface area contributed by atoms with Gasteiger partial charge in [0.25, 0.3) is 0 Å². The fourth-order valence-corrected chi connectivity index (χ4v) is 2.38. The third kappa shape index (κ3) is 2.82. The highest BCUT2D eigenvalue weighted by Crippen LogP contribution is 2.32. The minimum atomic E-state index is -0.506. The van der Waals surface area contributed by atoms with Crippen molar-refractivity contribution in [1.82, 2.24) is 15.0 Å². The van der Waals surface area contributed by atoms with E-state index >= 15 is 0 Å². The molecule has 2 heterocycles. The van der Waals surface area contributed by atoms with Crippen molar-refractivity contribution in [3.05, 3.63) is 27.0 Å². The molecule has 0 spiro atoms. The molecule has 0 aromatic carbocycles. The van der Waals surface area contributed by atoms with Crippen molar-refractivity contribution >= 4 is 33.8 Å². The molecule has 9 heteroatoms. The molecule has 0 aliphatic heterocycles.